The molecule has 0 radical (unpaired) electrons. The second kappa shape index (κ2) is 3.53. The lowest BCUT2D eigenvalue weighted by Crippen LogP contribution is -2.04. The molecule has 2 aromatic heterocycles. The standard InChI is InChI=1S/C7H9N5S/c8-7-5-9-12(11-7)4-2-6-1-3-10-13-6/h1,3,5H,2,4H2,(H2,8,11). The van der Waals surface area contributed by atoms with Crippen LogP contribution in [-0.4, -0.2) is 19.4 Å². The highest BCUT2D eigenvalue weighted by Crippen LogP contribution is 2.06. The van der Waals surface area contributed by atoms with Crippen molar-refractivity contribution in [2.75, 3.05) is 5.73 Å². The van der Waals surface area contributed by atoms with E-state index in [-0.39, 0.29) is 0 Å². The van der Waals surface area contributed by atoms with Crippen LogP contribution in [0.5, 0.6) is 0 Å². The van der Waals surface area contributed by atoms with Gasteiger partial charge in [-0.2, -0.15) is 9.90 Å². The topological polar surface area (TPSA) is 69.6 Å². The minimum absolute atomic E-state index is 0.462. The lowest BCUT2D eigenvalue weighted by Gasteiger charge is -1.95. The molecule has 0 saturated carbocycles. The molecule has 0 aromatic carbocycles. The van der Waals surface area contributed by atoms with Gasteiger partial charge in [-0.05, 0) is 17.6 Å². The van der Waals surface area contributed by atoms with Crippen molar-refractivity contribution in [2.24, 2.45) is 0 Å². The van der Waals surface area contributed by atoms with Gasteiger partial charge in [-0.3, -0.25) is 0 Å². The molecule has 6 heteroatoms. The van der Waals surface area contributed by atoms with Crippen LogP contribution >= 0.6 is 11.5 Å². The van der Waals surface area contributed by atoms with Crippen LogP contribution in [0, 0.1) is 0 Å². The van der Waals surface area contributed by atoms with Gasteiger partial charge >= 0.3 is 0 Å². The molecule has 0 amide bonds. The minimum atomic E-state index is 0.462. The summed E-state index contributed by atoms with van der Waals surface area (Å²) in [5, 5.41) is 7.96. The molecule has 0 unspecified atom stereocenters. The van der Waals surface area contributed by atoms with Gasteiger partial charge in [0, 0.05) is 17.5 Å². The monoisotopic (exact) mass is 195 g/mol. The summed E-state index contributed by atoms with van der Waals surface area (Å²) in [5.74, 6) is 0.462. The van der Waals surface area contributed by atoms with Gasteiger partial charge in [0.1, 0.15) is 0 Å². The first-order valence-electron chi connectivity index (χ1n) is 3.90. The summed E-state index contributed by atoms with van der Waals surface area (Å²) in [6.07, 6.45) is 4.25. The lowest BCUT2D eigenvalue weighted by atomic mass is 10.4. The Balaban J connectivity index is 1.93. The first-order valence-corrected chi connectivity index (χ1v) is 4.67. The maximum atomic E-state index is 5.42. The molecule has 0 aliphatic rings. The summed E-state index contributed by atoms with van der Waals surface area (Å²) in [7, 11) is 0. The van der Waals surface area contributed by atoms with Crippen molar-refractivity contribution in [3.8, 4) is 0 Å². The van der Waals surface area contributed by atoms with E-state index in [1.165, 1.54) is 16.4 Å². The number of rotatable bonds is 3. The zero-order valence-electron chi connectivity index (χ0n) is 6.92. The quantitative estimate of drug-likeness (QED) is 0.776. The molecular formula is C7H9N5S. The van der Waals surface area contributed by atoms with E-state index in [1.54, 1.807) is 17.2 Å². The third kappa shape index (κ3) is 2.03. The second-order valence-electron chi connectivity index (χ2n) is 2.59. The van der Waals surface area contributed by atoms with Gasteiger partial charge in [-0.25, -0.2) is 4.37 Å². The summed E-state index contributed by atoms with van der Waals surface area (Å²) < 4.78 is 4.01. The number of hydrogen-bond acceptors (Lipinski definition) is 5. The molecular weight excluding hydrogens is 186 g/mol. The predicted molar refractivity (Wildman–Crippen MR) is 50.3 cm³/mol. The number of aryl methyl sites for hydroxylation is 2. The number of anilines is 1. The minimum Gasteiger partial charge on any atom is -0.381 e. The van der Waals surface area contributed by atoms with Crippen molar-refractivity contribution < 1.29 is 0 Å². The van der Waals surface area contributed by atoms with Crippen LogP contribution in [0.3, 0.4) is 0 Å². The van der Waals surface area contributed by atoms with Crippen LogP contribution in [0.2, 0.25) is 0 Å². The fourth-order valence-electron chi connectivity index (χ4n) is 1.000. The van der Waals surface area contributed by atoms with Crippen LogP contribution in [0.1, 0.15) is 4.88 Å². The molecule has 0 spiro atoms. The Labute approximate surface area is 79.4 Å². The highest BCUT2D eigenvalue weighted by atomic mass is 32.1. The van der Waals surface area contributed by atoms with Crippen molar-refractivity contribution in [1.29, 1.82) is 0 Å². The Morgan fingerprint density at radius 3 is 3.08 bits per heavy atom. The Kier molecular flexibility index (Phi) is 2.22. The Bertz CT molecular complexity index is 366. The second-order valence-corrected chi connectivity index (χ2v) is 3.51. The van der Waals surface area contributed by atoms with Crippen LogP contribution in [0.4, 0.5) is 5.82 Å². The van der Waals surface area contributed by atoms with Crippen LogP contribution < -0.4 is 5.73 Å². The van der Waals surface area contributed by atoms with E-state index in [0.717, 1.165) is 13.0 Å². The number of hydrogen-bond donors (Lipinski definition) is 1. The summed E-state index contributed by atoms with van der Waals surface area (Å²) in [4.78, 5) is 2.82. The normalized spacial score (nSPS) is 10.5. The number of nitrogens with two attached hydrogens (primary N) is 1. The van der Waals surface area contributed by atoms with Crippen molar-refractivity contribution in [3.63, 3.8) is 0 Å². The molecule has 0 aliphatic heterocycles. The Hall–Kier alpha value is -1.43. The fourth-order valence-corrected chi connectivity index (χ4v) is 1.56. The van der Waals surface area contributed by atoms with E-state index >= 15 is 0 Å². The largest absolute Gasteiger partial charge is 0.381 e. The third-order valence-corrected chi connectivity index (χ3v) is 2.41. The zero-order chi connectivity index (χ0) is 9.10. The van der Waals surface area contributed by atoms with Gasteiger partial charge in [0.05, 0.1) is 12.7 Å². The average molecular weight is 195 g/mol. The number of aromatic nitrogens is 4. The SMILES string of the molecule is Nc1cnn(CCc2ccns2)n1. The Morgan fingerprint density at radius 2 is 2.46 bits per heavy atom. The summed E-state index contributed by atoms with van der Waals surface area (Å²) >= 11 is 1.50. The van der Waals surface area contributed by atoms with E-state index in [1.807, 2.05) is 6.07 Å². The maximum Gasteiger partial charge on any atom is 0.165 e. The van der Waals surface area contributed by atoms with E-state index in [9.17, 15) is 0 Å². The van der Waals surface area contributed by atoms with E-state index in [4.69, 9.17) is 5.73 Å². The van der Waals surface area contributed by atoms with Gasteiger partial charge in [-0.1, -0.05) is 0 Å². The van der Waals surface area contributed by atoms with Gasteiger partial charge < -0.3 is 5.73 Å². The molecule has 0 aliphatic carbocycles. The molecule has 2 heterocycles. The van der Waals surface area contributed by atoms with Gasteiger partial charge in [0.15, 0.2) is 5.82 Å². The van der Waals surface area contributed by atoms with Crippen molar-refractivity contribution in [3.05, 3.63) is 23.3 Å². The predicted octanol–water partition coefficient (Wildman–Crippen LogP) is 0.559. The Morgan fingerprint density at radius 1 is 1.54 bits per heavy atom. The summed E-state index contributed by atoms with van der Waals surface area (Å²) in [6.45, 7) is 0.749. The molecule has 68 valence electrons. The van der Waals surface area contributed by atoms with Crippen molar-refractivity contribution >= 4 is 17.4 Å². The molecule has 0 saturated heterocycles. The van der Waals surface area contributed by atoms with E-state index in [0.29, 0.717) is 5.82 Å². The first kappa shape index (κ1) is 8.18. The summed E-state index contributed by atoms with van der Waals surface area (Å²) in [6, 6.07) is 2.00. The molecule has 0 fully saturated rings. The average Bonchev–Trinajstić information content (AvgIpc) is 2.71. The zero-order valence-corrected chi connectivity index (χ0v) is 7.74. The third-order valence-electron chi connectivity index (χ3n) is 1.60. The number of nitrogens with zero attached hydrogens (tertiary/aromatic N) is 4. The smallest absolute Gasteiger partial charge is 0.165 e. The van der Waals surface area contributed by atoms with Crippen molar-refractivity contribution in [2.45, 2.75) is 13.0 Å². The molecule has 13 heavy (non-hydrogen) atoms. The molecule has 0 bridgehead atoms. The highest BCUT2D eigenvalue weighted by molar-refractivity contribution is 7.05. The molecule has 0 atom stereocenters. The van der Waals surface area contributed by atoms with Gasteiger partial charge in [0.25, 0.3) is 0 Å². The van der Waals surface area contributed by atoms with Crippen LogP contribution in [0.15, 0.2) is 18.5 Å². The molecule has 2 aromatic rings. The lowest BCUT2D eigenvalue weighted by molar-refractivity contribution is 0.541. The highest BCUT2D eigenvalue weighted by Gasteiger charge is 1.98. The number of nitrogen functional groups attached to an aromatic ring is 1. The van der Waals surface area contributed by atoms with E-state index in [2.05, 4.69) is 14.6 Å². The summed E-state index contributed by atoms with van der Waals surface area (Å²) in [5.41, 5.74) is 5.42. The van der Waals surface area contributed by atoms with E-state index < -0.39 is 0 Å². The molecule has 5 nitrogen and oxygen atoms in total. The first-order chi connectivity index (χ1) is 6.34. The fraction of sp³-hybridized carbons (Fsp3) is 0.286. The van der Waals surface area contributed by atoms with Crippen molar-refractivity contribution in [1.82, 2.24) is 19.4 Å². The van der Waals surface area contributed by atoms with Crippen LogP contribution in [-0.2, 0) is 13.0 Å². The van der Waals surface area contributed by atoms with Gasteiger partial charge in [0.2, 0.25) is 0 Å². The maximum absolute atomic E-state index is 5.42. The van der Waals surface area contributed by atoms with Crippen LogP contribution in [0.25, 0.3) is 0 Å². The van der Waals surface area contributed by atoms with Gasteiger partial charge in [-0.15, -0.1) is 5.10 Å². The molecule has 2 N–H and O–H groups in total. The molecule has 2 rings (SSSR count).